The minimum absolute atomic E-state index is 0.123. The van der Waals surface area contributed by atoms with Crippen molar-refractivity contribution in [3.8, 4) is 0 Å². The largest absolute Gasteiger partial charge is 0.214 e. The van der Waals surface area contributed by atoms with Gasteiger partial charge in [0.25, 0.3) is 0 Å². The van der Waals surface area contributed by atoms with Crippen LogP contribution in [0.4, 0.5) is 0 Å². The zero-order valence-electron chi connectivity index (χ0n) is 8.79. The van der Waals surface area contributed by atoms with Gasteiger partial charge in [0.05, 0.1) is 5.75 Å². The van der Waals surface area contributed by atoms with Gasteiger partial charge in [0.2, 0.25) is 10.0 Å². The van der Waals surface area contributed by atoms with E-state index in [1.54, 1.807) is 0 Å². The van der Waals surface area contributed by atoms with E-state index < -0.39 is 10.0 Å². The van der Waals surface area contributed by atoms with Crippen LogP contribution in [0.2, 0.25) is 0 Å². The fourth-order valence-electron chi connectivity index (χ4n) is 1.07. The second-order valence-corrected chi connectivity index (χ2v) is 5.71. The van der Waals surface area contributed by atoms with Crippen molar-refractivity contribution in [1.82, 2.24) is 4.31 Å². The van der Waals surface area contributed by atoms with Gasteiger partial charge in [-0.05, 0) is 13.3 Å². The van der Waals surface area contributed by atoms with Gasteiger partial charge >= 0.3 is 0 Å². The molecular weight excluding hydrogens is 222 g/mol. The number of nitrogens with zero attached hydrogens (tertiary/aromatic N) is 1. The predicted octanol–water partition coefficient (Wildman–Crippen LogP) is 1.84. The van der Waals surface area contributed by atoms with Crippen molar-refractivity contribution in [3.63, 3.8) is 0 Å². The topological polar surface area (TPSA) is 37.4 Å². The van der Waals surface area contributed by atoms with Crippen LogP contribution in [-0.4, -0.2) is 37.4 Å². The SMILES string of the molecule is C=C(C)CN(CC)S(=O)(=O)CCCCl. The number of alkyl halides is 1. The van der Waals surface area contributed by atoms with E-state index in [4.69, 9.17) is 11.6 Å². The molecule has 0 heterocycles. The molecule has 3 nitrogen and oxygen atoms in total. The average molecular weight is 240 g/mol. The van der Waals surface area contributed by atoms with Crippen LogP contribution in [0.25, 0.3) is 0 Å². The molecule has 0 atom stereocenters. The van der Waals surface area contributed by atoms with Crippen LogP contribution in [0.5, 0.6) is 0 Å². The fraction of sp³-hybridized carbons (Fsp3) is 0.778. The average Bonchev–Trinajstić information content (AvgIpc) is 2.10. The van der Waals surface area contributed by atoms with Gasteiger partial charge in [-0.2, -0.15) is 4.31 Å². The second kappa shape index (κ2) is 6.43. The van der Waals surface area contributed by atoms with Crippen molar-refractivity contribution >= 4 is 21.6 Å². The van der Waals surface area contributed by atoms with Crippen molar-refractivity contribution in [2.75, 3.05) is 24.7 Å². The number of hydrogen-bond acceptors (Lipinski definition) is 2. The normalized spacial score (nSPS) is 12.0. The Balaban J connectivity index is 4.41. The maximum atomic E-state index is 11.7. The third-order valence-corrected chi connectivity index (χ3v) is 3.97. The van der Waals surface area contributed by atoms with Crippen molar-refractivity contribution in [1.29, 1.82) is 0 Å². The number of halogens is 1. The molecule has 14 heavy (non-hydrogen) atoms. The first-order valence-electron chi connectivity index (χ1n) is 4.62. The highest BCUT2D eigenvalue weighted by Gasteiger charge is 2.19. The Morgan fingerprint density at radius 1 is 1.50 bits per heavy atom. The van der Waals surface area contributed by atoms with Gasteiger partial charge in [0.15, 0.2) is 0 Å². The third-order valence-electron chi connectivity index (χ3n) is 1.73. The number of likely N-dealkylation sites (N-methyl/N-ethyl adjacent to an activating group) is 1. The van der Waals surface area contributed by atoms with Gasteiger partial charge in [0, 0.05) is 19.0 Å². The molecule has 5 heteroatoms. The van der Waals surface area contributed by atoms with Gasteiger partial charge in [-0.25, -0.2) is 8.42 Å². The predicted molar refractivity (Wildman–Crippen MR) is 61.2 cm³/mol. The summed E-state index contributed by atoms with van der Waals surface area (Å²) in [5.74, 6) is 0.501. The summed E-state index contributed by atoms with van der Waals surface area (Å²) < 4.78 is 24.8. The van der Waals surface area contributed by atoms with Crippen molar-refractivity contribution in [3.05, 3.63) is 12.2 Å². The van der Waals surface area contributed by atoms with Crippen molar-refractivity contribution in [2.45, 2.75) is 20.3 Å². The molecule has 0 radical (unpaired) electrons. The molecule has 0 saturated heterocycles. The molecule has 0 aromatic carbocycles. The minimum Gasteiger partial charge on any atom is -0.212 e. The standard InChI is InChI=1S/C9H18ClNO2S/c1-4-11(8-9(2)3)14(12,13)7-5-6-10/h2,4-8H2,1,3H3. The van der Waals surface area contributed by atoms with Gasteiger partial charge in [-0.15, -0.1) is 11.6 Å². The van der Waals surface area contributed by atoms with E-state index >= 15 is 0 Å². The number of sulfonamides is 1. The van der Waals surface area contributed by atoms with Gasteiger partial charge in [-0.3, -0.25) is 0 Å². The summed E-state index contributed by atoms with van der Waals surface area (Å²) in [6.45, 7) is 8.23. The first kappa shape index (κ1) is 13.9. The Morgan fingerprint density at radius 2 is 2.07 bits per heavy atom. The molecule has 0 aliphatic heterocycles. The molecule has 0 bridgehead atoms. The third kappa shape index (κ3) is 4.98. The summed E-state index contributed by atoms with van der Waals surface area (Å²) in [6, 6.07) is 0. The second-order valence-electron chi connectivity index (χ2n) is 3.24. The summed E-state index contributed by atoms with van der Waals surface area (Å²) in [5, 5.41) is 0. The van der Waals surface area contributed by atoms with E-state index in [2.05, 4.69) is 6.58 Å². The van der Waals surface area contributed by atoms with Crippen LogP contribution in [0.1, 0.15) is 20.3 Å². The molecule has 0 aliphatic carbocycles. The highest BCUT2D eigenvalue weighted by Crippen LogP contribution is 2.06. The highest BCUT2D eigenvalue weighted by molar-refractivity contribution is 7.89. The summed E-state index contributed by atoms with van der Waals surface area (Å²) in [5.41, 5.74) is 0.848. The van der Waals surface area contributed by atoms with Crippen LogP contribution in [0.3, 0.4) is 0 Å². The Labute approximate surface area is 91.8 Å². The Hall–Kier alpha value is -0.0600. The van der Waals surface area contributed by atoms with Crippen LogP contribution in [0, 0.1) is 0 Å². The van der Waals surface area contributed by atoms with Gasteiger partial charge < -0.3 is 0 Å². The van der Waals surface area contributed by atoms with Crippen LogP contribution in [-0.2, 0) is 10.0 Å². The molecule has 0 amide bonds. The lowest BCUT2D eigenvalue weighted by atomic mass is 10.3. The van der Waals surface area contributed by atoms with E-state index in [-0.39, 0.29) is 5.75 Å². The Morgan fingerprint density at radius 3 is 2.43 bits per heavy atom. The highest BCUT2D eigenvalue weighted by atomic mass is 35.5. The molecule has 0 aliphatic rings. The zero-order chi connectivity index (χ0) is 11.2. The molecule has 84 valence electrons. The van der Waals surface area contributed by atoms with Crippen LogP contribution >= 0.6 is 11.6 Å². The van der Waals surface area contributed by atoms with Gasteiger partial charge in [0.1, 0.15) is 0 Å². The molecule has 0 aromatic rings. The number of hydrogen-bond donors (Lipinski definition) is 0. The zero-order valence-corrected chi connectivity index (χ0v) is 10.4. The lowest BCUT2D eigenvalue weighted by molar-refractivity contribution is 0.452. The van der Waals surface area contributed by atoms with Gasteiger partial charge in [-0.1, -0.05) is 19.1 Å². The maximum Gasteiger partial charge on any atom is 0.214 e. The molecule has 0 rings (SSSR count). The first-order valence-corrected chi connectivity index (χ1v) is 6.76. The quantitative estimate of drug-likeness (QED) is 0.502. The van der Waals surface area contributed by atoms with E-state index in [0.29, 0.717) is 25.4 Å². The van der Waals surface area contributed by atoms with Crippen molar-refractivity contribution in [2.24, 2.45) is 0 Å². The molecular formula is C9H18ClNO2S. The Kier molecular flexibility index (Phi) is 6.40. The van der Waals surface area contributed by atoms with E-state index in [9.17, 15) is 8.42 Å². The summed E-state index contributed by atoms with van der Waals surface area (Å²) in [7, 11) is -3.14. The van der Waals surface area contributed by atoms with E-state index in [0.717, 1.165) is 5.57 Å². The smallest absolute Gasteiger partial charge is 0.212 e. The molecule has 0 unspecified atom stereocenters. The number of rotatable bonds is 7. The summed E-state index contributed by atoms with van der Waals surface area (Å²) in [4.78, 5) is 0. The maximum absolute atomic E-state index is 11.7. The van der Waals surface area contributed by atoms with E-state index in [1.165, 1.54) is 4.31 Å². The molecule has 0 N–H and O–H groups in total. The molecule has 0 spiro atoms. The summed E-state index contributed by atoms with van der Waals surface area (Å²) >= 11 is 5.46. The molecule has 0 aromatic heterocycles. The first-order chi connectivity index (χ1) is 6.44. The monoisotopic (exact) mass is 239 g/mol. The van der Waals surface area contributed by atoms with Crippen molar-refractivity contribution < 1.29 is 8.42 Å². The molecule has 0 saturated carbocycles. The molecule has 0 fully saturated rings. The lowest BCUT2D eigenvalue weighted by Gasteiger charge is -2.20. The lowest BCUT2D eigenvalue weighted by Crippen LogP contribution is -2.34. The van der Waals surface area contributed by atoms with Crippen LogP contribution < -0.4 is 0 Å². The summed E-state index contributed by atoms with van der Waals surface area (Å²) in [6.07, 6.45) is 0.497. The van der Waals surface area contributed by atoms with E-state index in [1.807, 2.05) is 13.8 Å². The fourth-order valence-corrected chi connectivity index (χ4v) is 2.94. The van der Waals surface area contributed by atoms with Crippen LogP contribution in [0.15, 0.2) is 12.2 Å². The Bertz CT molecular complexity index is 275. The minimum atomic E-state index is -3.14.